The number of carbonyl (C=O) groups is 2. The van der Waals surface area contributed by atoms with Crippen LogP contribution in [0.2, 0.25) is 0 Å². The molecule has 0 aromatic carbocycles. The quantitative estimate of drug-likeness (QED) is 0.600. The van der Waals surface area contributed by atoms with Crippen molar-refractivity contribution in [1.29, 1.82) is 0 Å². The Morgan fingerprint density at radius 2 is 1.56 bits per heavy atom. The van der Waals surface area contributed by atoms with Crippen LogP contribution in [0, 0.1) is 5.41 Å². The summed E-state index contributed by atoms with van der Waals surface area (Å²) in [5.74, 6) is -1.03. The number of furan rings is 1. The summed E-state index contributed by atoms with van der Waals surface area (Å²) in [5.41, 5.74) is 0.514. The fourth-order valence-corrected chi connectivity index (χ4v) is 2.28. The Balaban J connectivity index is 2.28. The molecule has 0 N–H and O–H groups in total. The summed E-state index contributed by atoms with van der Waals surface area (Å²) < 4.78 is 15.1. The minimum Gasteiger partial charge on any atom is -0.472 e. The molecule has 1 heterocycles. The summed E-state index contributed by atoms with van der Waals surface area (Å²) in [5, 5.41) is 0. The molecule has 1 aromatic heterocycles. The van der Waals surface area contributed by atoms with E-state index in [0.29, 0.717) is 0 Å². The zero-order valence-electron chi connectivity index (χ0n) is 10.5. The Hall–Kier alpha value is -1.78. The fourth-order valence-electron chi connectivity index (χ4n) is 2.28. The zero-order chi connectivity index (χ0) is 13.2. The van der Waals surface area contributed by atoms with E-state index in [1.54, 1.807) is 26.4 Å². The Morgan fingerprint density at radius 1 is 1.11 bits per heavy atom. The molecule has 0 saturated heterocycles. The van der Waals surface area contributed by atoms with Gasteiger partial charge in [-0.25, -0.2) is 0 Å². The van der Waals surface area contributed by atoms with Crippen LogP contribution < -0.4 is 0 Å². The first-order chi connectivity index (χ1) is 8.64. The first-order valence-corrected chi connectivity index (χ1v) is 6.02. The Bertz CT molecular complexity index is 419. The van der Waals surface area contributed by atoms with E-state index in [9.17, 15) is 9.59 Å². The van der Waals surface area contributed by atoms with Crippen molar-refractivity contribution >= 4 is 11.9 Å². The Kier molecular flexibility index (Phi) is 3.41. The van der Waals surface area contributed by atoms with Crippen molar-refractivity contribution in [3.8, 4) is 0 Å². The molecule has 0 bridgehead atoms. The number of ether oxygens (including phenoxy) is 2. The van der Waals surface area contributed by atoms with E-state index in [4.69, 9.17) is 13.9 Å². The van der Waals surface area contributed by atoms with Crippen molar-refractivity contribution in [3.05, 3.63) is 23.7 Å². The normalized spacial score (nSPS) is 16.1. The van der Waals surface area contributed by atoms with E-state index in [-0.39, 0.29) is 26.1 Å². The second-order valence-electron chi connectivity index (χ2n) is 4.30. The molecule has 0 unspecified atom stereocenters. The maximum absolute atomic E-state index is 12.1. The van der Waals surface area contributed by atoms with Crippen LogP contribution in [0.25, 0.3) is 0 Å². The van der Waals surface area contributed by atoms with Crippen LogP contribution in [-0.2, 0) is 31.9 Å². The third-order valence-electron chi connectivity index (χ3n) is 3.15. The molecule has 1 aromatic rings. The van der Waals surface area contributed by atoms with Gasteiger partial charge in [0, 0.05) is 12.8 Å². The molecule has 0 fully saturated rings. The molecule has 0 amide bonds. The van der Waals surface area contributed by atoms with Crippen molar-refractivity contribution < 1.29 is 23.5 Å². The average Bonchev–Trinajstić information content (AvgIpc) is 2.87. The first kappa shape index (κ1) is 12.7. The lowest BCUT2D eigenvalue weighted by Gasteiger charge is -2.24. The highest BCUT2D eigenvalue weighted by Gasteiger charge is 2.53. The van der Waals surface area contributed by atoms with Crippen LogP contribution >= 0.6 is 0 Å². The van der Waals surface area contributed by atoms with Gasteiger partial charge in [0.15, 0.2) is 5.41 Å². The highest BCUT2D eigenvalue weighted by molar-refractivity contribution is 6.01. The van der Waals surface area contributed by atoms with Crippen LogP contribution in [0.1, 0.15) is 25.0 Å². The molecule has 1 aliphatic rings. The topological polar surface area (TPSA) is 65.7 Å². The molecule has 98 valence electrons. The summed E-state index contributed by atoms with van der Waals surface area (Å²) in [6, 6.07) is 0. The third kappa shape index (κ3) is 1.89. The standard InChI is InChI=1S/C13H16O5/c1-3-17-11(14)13(12(15)18-4-2)5-9-7-16-8-10(9)6-13/h7-8H,3-6H2,1-2H3. The molecular weight excluding hydrogens is 236 g/mol. The van der Waals surface area contributed by atoms with Gasteiger partial charge in [0.05, 0.1) is 25.7 Å². The maximum Gasteiger partial charge on any atom is 0.324 e. The van der Waals surface area contributed by atoms with Gasteiger partial charge in [-0.3, -0.25) is 9.59 Å². The van der Waals surface area contributed by atoms with E-state index < -0.39 is 17.4 Å². The number of fused-ring (bicyclic) bond motifs is 1. The lowest BCUT2D eigenvalue weighted by atomic mass is 9.85. The highest BCUT2D eigenvalue weighted by atomic mass is 16.6. The van der Waals surface area contributed by atoms with Crippen molar-refractivity contribution in [1.82, 2.24) is 0 Å². The average molecular weight is 252 g/mol. The van der Waals surface area contributed by atoms with Crippen molar-refractivity contribution in [2.24, 2.45) is 5.41 Å². The van der Waals surface area contributed by atoms with Gasteiger partial charge in [-0.1, -0.05) is 0 Å². The van der Waals surface area contributed by atoms with Crippen LogP contribution in [0.15, 0.2) is 16.9 Å². The fraction of sp³-hybridized carbons (Fsp3) is 0.538. The minimum absolute atomic E-state index is 0.245. The van der Waals surface area contributed by atoms with Crippen molar-refractivity contribution in [3.63, 3.8) is 0 Å². The summed E-state index contributed by atoms with van der Waals surface area (Å²) >= 11 is 0. The largest absolute Gasteiger partial charge is 0.472 e. The lowest BCUT2D eigenvalue weighted by Crippen LogP contribution is -2.43. The molecule has 1 aliphatic carbocycles. The highest BCUT2D eigenvalue weighted by Crippen LogP contribution is 2.39. The minimum atomic E-state index is -1.23. The summed E-state index contributed by atoms with van der Waals surface area (Å²) in [7, 11) is 0. The molecule has 0 aliphatic heterocycles. The molecule has 2 rings (SSSR count). The van der Waals surface area contributed by atoms with Crippen molar-refractivity contribution in [2.45, 2.75) is 26.7 Å². The number of carbonyl (C=O) groups excluding carboxylic acids is 2. The SMILES string of the molecule is CCOC(=O)C1(C(=O)OCC)Cc2cocc2C1. The molecule has 18 heavy (non-hydrogen) atoms. The molecule has 5 nitrogen and oxygen atoms in total. The van der Waals surface area contributed by atoms with Crippen LogP contribution in [0.5, 0.6) is 0 Å². The van der Waals surface area contributed by atoms with Gasteiger partial charge in [-0.2, -0.15) is 0 Å². The van der Waals surface area contributed by atoms with Gasteiger partial charge in [0.1, 0.15) is 0 Å². The lowest BCUT2D eigenvalue weighted by molar-refractivity contribution is -0.171. The predicted molar refractivity (Wildman–Crippen MR) is 61.8 cm³/mol. The zero-order valence-corrected chi connectivity index (χ0v) is 10.5. The van der Waals surface area contributed by atoms with Gasteiger partial charge < -0.3 is 13.9 Å². The van der Waals surface area contributed by atoms with Gasteiger partial charge in [0.2, 0.25) is 0 Å². The number of esters is 2. The number of hydrogen-bond acceptors (Lipinski definition) is 5. The summed E-state index contributed by atoms with van der Waals surface area (Å²) in [4.78, 5) is 24.2. The van der Waals surface area contributed by atoms with E-state index in [1.807, 2.05) is 0 Å². The second kappa shape index (κ2) is 4.84. The van der Waals surface area contributed by atoms with Gasteiger partial charge >= 0.3 is 11.9 Å². The van der Waals surface area contributed by atoms with Gasteiger partial charge in [-0.05, 0) is 25.0 Å². The van der Waals surface area contributed by atoms with E-state index in [1.165, 1.54) is 0 Å². The second-order valence-corrected chi connectivity index (χ2v) is 4.30. The molecule has 0 atom stereocenters. The predicted octanol–water partition coefficient (Wildman–Crippen LogP) is 1.49. The molecule has 0 spiro atoms. The molecule has 5 heteroatoms. The molecular formula is C13H16O5. The van der Waals surface area contributed by atoms with Crippen molar-refractivity contribution in [2.75, 3.05) is 13.2 Å². The Labute approximate surface area is 105 Å². The smallest absolute Gasteiger partial charge is 0.324 e. The van der Waals surface area contributed by atoms with Gasteiger partial charge in [0.25, 0.3) is 0 Å². The molecule has 0 saturated carbocycles. The van der Waals surface area contributed by atoms with Gasteiger partial charge in [-0.15, -0.1) is 0 Å². The van der Waals surface area contributed by atoms with Crippen LogP contribution in [0.4, 0.5) is 0 Å². The number of hydrogen-bond donors (Lipinski definition) is 0. The summed E-state index contributed by atoms with van der Waals surface area (Å²) in [6.07, 6.45) is 3.71. The summed E-state index contributed by atoms with van der Waals surface area (Å²) in [6.45, 7) is 3.92. The molecule has 0 radical (unpaired) electrons. The van der Waals surface area contributed by atoms with E-state index in [0.717, 1.165) is 11.1 Å². The van der Waals surface area contributed by atoms with E-state index in [2.05, 4.69) is 0 Å². The number of rotatable bonds is 4. The van der Waals surface area contributed by atoms with E-state index >= 15 is 0 Å². The monoisotopic (exact) mass is 252 g/mol. The third-order valence-corrected chi connectivity index (χ3v) is 3.15. The van der Waals surface area contributed by atoms with Crippen LogP contribution in [0.3, 0.4) is 0 Å². The first-order valence-electron chi connectivity index (χ1n) is 6.02. The van der Waals surface area contributed by atoms with Crippen LogP contribution in [-0.4, -0.2) is 25.2 Å². The maximum atomic E-state index is 12.1. The Morgan fingerprint density at radius 3 is 1.94 bits per heavy atom.